The van der Waals surface area contributed by atoms with Gasteiger partial charge >= 0.3 is 0 Å². The molecule has 0 bridgehead atoms. The van der Waals surface area contributed by atoms with Crippen LogP contribution in [0.15, 0.2) is 30.5 Å². The zero-order valence-corrected chi connectivity index (χ0v) is 9.43. The third-order valence-corrected chi connectivity index (χ3v) is 3.29. The molecule has 1 aromatic heterocycles. The summed E-state index contributed by atoms with van der Waals surface area (Å²) in [6.45, 7) is 1.66. The fourth-order valence-electron chi connectivity index (χ4n) is 2.29. The molecule has 3 nitrogen and oxygen atoms in total. The number of ether oxygens (including phenoxy) is 1. The molecule has 1 aromatic carbocycles. The Morgan fingerprint density at radius 3 is 3.00 bits per heavy atom. The fraction of sp³-hybridized carbons (Fsp3) is 0.286. The minimum atomic E-state index is 0.481. The monoisotopic (exact) mass is 227 g/mol. The summed E-state index contributed by atoms with van der Waals surface area (Å²) < 4.78 is 5.40. The summed E-state index contributed by atoms with van der Waals surface area (Å²) in [6, 6.07) is 8.14. The van der Waals surface area contributed by atoms with Crippen molar-refractivity contribution in [3.63, 3.8) is 0 Å². The summed E-state index contributed by atoms with van der Waals surface area (Å²) >= 11 is 0. The predicted molar refractivity (Wildman–Crippen MR) is 65.3 cm³/mol. The van der Waals surface area contributed by atoms with Crippen LogP contribution in [0.4, 0.5) is 0 Å². The van der Waals surface area contributed by atoms with Crippen LogP contribution in [0.25, 0.3) is 10.8 Å². The Kier molecular flexibility index (Phi) is 2.61. The van der Waals surface area contributed by atoms with Gasteiger partial charge in [0.15, 0.2) is 6.29 Å². The van der Waals surface area contributed by atoms with Crippen LogP contribution >= 0.6 is 0 Å². The van der Waals surface area contributed by atoms with E-state index in [4.69, 9.17) is 4.74 Å². The van der Waals surface area contributed by atoms with Crippen molar-refractivity contribution in [2.75, 3.05) is 13.2 Å². The largest absolute Gasteiger partial charge is 0.381 e. The Labute approximate surface area is 99.4 Å². The lowest BCUT2D eigenvalue weighted by molar-refractivity contribution is 0.111. The number of aldehydes is 1. The van der Waals surface area contributed by atoms with Crippen LogP contribution in [0.5, 0.6) is 0 Å². The molecule has 17 heavy (non-hydrogen) atoms. The maximum Gasteiger partial charge on any atom is 0.168 e. The SMILES string of the molecule is O=Cc1cc2ccc(C3CCOC3)cc2cn1. The quantitative estimate of drug-likeness (QED) is 0.740. The normalized spacial score (nSPS) is 19.6. The molecule has 1 atom stereocenters. The molecule has 1 saturated heterocycles. The van der Waals surface area contributed by atoms with Gasteiger partial charge in [-0.15, -0.1) is 0 Å². The minimum Gasteiger partial charge on any atom is -0.381 e. The van der Waals surface area contributed by atoms with E-state index in [0.717, 1.165) is 36.7 Å². The number of aromatic nitrogens is 1. The number of nitrogens with zero attached hydrogens (tertiary/aromatic N) is 1. The number of fused-ring (bicyclic) bond motifs is 1. The Balaban J connectivity index is 2.03. The zero-order chi connectivity index (χ0) is 11.7. The summed E-state index contributed by atoms with van der Waals surface area (Å²) in [5.41, 5.74) is 1.78. The first-order valence-electron chi connectivity index (χ1n) is 5.79. The van der Waals surface area contributed by atoms with E-state index in [-0.39, 0.29) is 0 Å². The van der Waals surface area contributed by atoms with Crippen molar-refractivity contribution in [1.29, 1.82) is 0 Å². The van der Waals surface area contributed by atoms with E-state index in [2.05, 4.69) is 23.2 Å². The molecule has 0 radical (unpaired) electrons. The van der Waals surface area contributed by atoms with Crippen LogP contribution in [-0.2, 0) is 4.74 Å². The van der Waals surface area contributed by atoms with E-state index in [1.54, 1.807) is 6.20 Å². The standard InChI is InChI=1S/C14H13NO2/c16-8-14-6-11-2-1-10(5-13(11)7-15-14)12-3-4-17-9-12/h1-2,5-8,12H,3-4,9H2. The van der Waals surface area contributed by atoms with Crippen molar-refractivity contribution in [1.82, 2.24) is 4.98 Å². The molecule has 1 aliphatic rings. The van der Waals surface area contributed by atoms with Crippen molar-refractivity contribution in [2.24, 2.45) is 0 Å². The van der Waals surface area contributed by atoms with Crippen molar-refractivity contribution < 1.29 is 9.53 Å². The third kappa shape index (κ3) is 1.94. The van der Waals surface area contributed by atoms with E-state index in [1.807, 2.05) is 6.07 Å². The highest BCUT2D eigenvalue weighted by molar-refractivity contribution is 5.87. The summed E-state index contributed by atoms with van der Waals surface area (Å²) in [4.78, 5) is 14.7. The summed E-state index contributed by atoms with van der Waals surface area (Å²) in [7, 11) is 0. The van der Waals surface area contributed by atoms with E-state index >= 15 is 0 Å². The summed E-state index contributed by atoms with van der Waals surface area (Å²) in [5, 5.41) is 2.14. The van der Waals surface area contributed by atoms with Crippen LogP contribution in [0.1, 0.15) is 28.4 Å². The van der Waals surface area contributed by atoms with Gasteiger partial charge in [-0.1, -0.05) is 12.1 Å². The first kappa shape index (κ1) is 10.4. The molecule has 1 fully saturated rings. The lowest BCUT2D eigenvalue weighted by Crippen LogP contribution is -1.97. The van der Waals surface area contributed by atoms with Crippen molar-refractivity contribution in [3.05, 3.63) is 41.7 Å². The Hall–Kier alpha value is -1.74. The average molecular weight is 227 g/mol. The molecular formula is C14H13NO2. The van der Waals surface area contributed by atoms with Crippen LogP contribution in [0, 0.1) is 0 Å². The zero-order valence-electron chi connectivity index (χ0n) is 9.43. The molecule has 1 aliphatic heterocycles. The topological polar surface area (TPSA) is 39.2 Å². The molecule has 0 aliphatic carbocycles. The molecule has 2 heterocycles. The van der Waals surface area contributed by atoms with Gasteiger partial charge < -0.3 is 4.74 Å². The van der Waals surface area contributed by atoms with Gasteiger partial charge in [0, 0.05) is 24.1 Å². The van der Waals surface area contributed by atoms with Crippen LogP contribution in [0.3, 0.4) is 0 Å². The van der Waals surface area contributed by atoms with Gasteiger partial charge in [-0.2, -0.15) is 0 Å². The fourth-order valence-corrected chi connectivity index (χ4v) is 2.29. The molecule has 0 saturated carbocycles. The summed E-state index contributed by atoms with van der Waals surface area (Å²) in [5.74, 6) is 0.505. The second-order valence-corrected chi connectivity index (χ2v) is 4.39. The number of hydrogen-bond acceptors (Lipinski definition) is 3. The van der Waals surface area contributed by atoms with Gasteiger partial charge in [0.2, 0.25) is 0 Å². The van der Waals surface area contributed by atoms with Gasteiger partial charge in [0.25, 0.3) is 0 Å². The first-order valence-corrected chi connectivity index (χ1v) is 5.79. The molecule has 0 amide bonds. The molecule has 2 aromatic rings. The van der Waals surface area contributed by atoms with Gasteiger partial charge in [-0.25, -0.2) is 0 Å². The number of hydrogen-bond donors (Lipinski definition) is 0. The summed E-state index contributed by atoms with van der Waals surface area (Å²) in [6.07, 6.45) is 3.63. The number of carbonyl (C=O) groups is 1. The maximum absolute atomic E-state index is 10.6. The molecule has 86 valence electrons. The van der Waals surface area contributed by atoms with Crippen molar-refractivity contribution in [2.45, 2.75) is 12.3 Å². The number of rotatable bonds is 2. The lowest BCUT2D eigenvalue weighted by Gasteiger charge is -2.09. The Morgan fingerprint density at radius 2 is 2.24 bits per heavy atom. The molecule has 0 spiro atoms. The molecule has 1 unspecified atom stereocenters. The Morgan fingerprint density at radius 1 is 1.29 bits per heavy atom. The molecule has 3 heteroatoms. The average Bonchev–Trinajstić information content (AvgIpc) is 2.91. The minimum absolute atomic E-state index is 0.481. The lowest BCUT2D eigenvalue weighted by atomic mass is 9.96. The maximum atomic E-state index is 10.6. The second-order valence-electron chi connectivity index (χ2n) is 4.39. The third-order valence-electron chi connectivity index (χ3n) is 3.29. The van der Waals surface area contributed by atoms with E-state index in [1.165, 1.54) is 5.56 Å². The first-order chi connectivity index (χ1) is 8.36. The Bertz CT molecular complexity index is 559. The van der Waals surface area contributed by atoms with E-state index in [9.17, 15) is 4.79 Å². The van der Waals surface area contributed by atoms with E-state index in [0.29, 0.717) is 11.6 Å². The van der Waals surface area contributed by atoms with Crippen LogP contribution < -0.4 is 0 Å². The number of carbonyl (C=O) groups excluding carboxylic acids is 1. The predicted octanol–water partition coefficient (Wildman–Crippen LogP) is 2.55. The highest BCUT2D eigenvalue weighted by Gasteiger charge is 2.17. The highest BCUT2D eigenvalue weighted by atomic mass is 16.5. The van der Waals surface area contributed by atoms with Crippen LogP contribution in [-0.4, -0.2) is 24.5 Å². The number of benzene rings is 1. The van der Waals surface area contributed by atoms with Crippen molar-refractivity contribution >= 4 is 17.1 Å². The second kappa shape index (κ2) is 4.26. The highest BCUT2D eigenvalue weighted by Crippen LogP contribution is 2.27. The van der Waals surface area contributed by atoms with Crippen molar-refractivity contribution in [3.8, 4) is 0 Å². The van der Waals surface area contributed by atoms with Crippen LogP contribution in [0.2, 0.25) is 0 Å². The van der Waals surface area contributed by atoms with E-state index < -0.39 is 0 Å². The van der Waals surface area contributed by atoms with Gasteiger partial charge in [0.1, 0.15) is 5.69 Å². The molecule has 0 N–H and O–H groups in total. The van der Waals surface area contributed by atoms with Gasteiger partial charge in [-0.05, 0) is 29.5 Å². The molecular weight excluding hydrogens is 214 g/mol. The van der Waals surface area contributed by atoms with Gasteiger partial charge in [-0.3, -0.25) is 9.78 Å². The van der Waals surface area contributed by atoms with Gasteiger partial charge in [0.05, 0.1) is 6.61 Å². The molecule has 3 rings (SSSR count). The number of pyridine rings is 1. The smallest absolute Gasteiger partial charge is 0.168 e.